The van der Waals surface area contributed by atoms with Crippen LogP contribution in [0.4, 0.5) is 5.69 Å². The molecule has 1 rings (SSSR count). The minimum atomic E-state index is 0.915. The summed E-state index contributed by atoms with van der Waals surface area (Å²) in [6.45, 7) is 5.71. The van der Waals surface area contributed by atoms with Gasteiger partial charge >= 0.3 is 0 Å². The Hall–Kier alpha value is -1.96. The van der Waals surface area contributed by atoms with Crippen LogP contribution in [0.25, 0.3) is 0 Å². The molecule has 0 amide bonds. The minimum absolute atomic E-state index is 0.915. The lowest BCUT2D eigenvalue weighted by Crippen LogP contribution is -1.97. The van der Waals surface area contributed by atoms with E-state index in [1.54, 1.807) is 12.2 Å². The molecular formula is C13H16N2. The molecule has 0 aliphatic carbocycles. The molecule has 0 radical (unpaired) electrons. The van der Waals surface area contributed by atoms with Crippen LogP contribution in [0.1, 0.15) is 5.56 Å². The first-order chi connectivity index (χ1) is 7.26. The van der Waals surface area contributed by atoms with E-state index < -0.39 is 0 Å². The third-order valence-corrected chi connectivity index (χ3v) is 1.88. The van der Waals surface area contributed by atoms with Crippen molar-refractivity contribution in [3.8, 4) is 0 Å². The Morgan fingerprint density at radius 3 is 2.87 bits per heavy atom. The first-order valence-electron chi connectivity index (χ1n) is 4.81. The van der Waals surface area contributed by atoms with Gasteiger partial charge in [0.1, 0.15) is 0 Å². The number of hydrogen-bond donors (Lipinski definition) is 2. The molecule has 0 bridgehead atoms. The summed E-state index contributed by atoms with van der Waals surface area (Å²) in [5.74, 6) is 0. The van der Waals surface area contributed by atoms with Crippen molar-refractivity contribution in [2.24, 2.45) is 5.73 Å². The summed E-state index contributed by atoms with van der Waals surface area (Å²) in [5.41, 5.74) is 8.52. The Morgan fingerprint density at radius 1 is 1.47 bits per heavy atom. The van der Waals surface area contributed by atoms with E-state index in [-0.39, 0.29) is 0 Å². The first kappa shape index (κ1) is 11.1. The summed E-state index contributed by atoms with van der Waals surface area (Å²) in [7, 11) is 0. The maximum absolute atomic E-state index is 5.35. The summed E-state index contributed by atoms with van der Waals surface area (Å²) in [4.78, 5) is 0. The SMILES string of the molecule is C=C/C=C(\C=C/N)Nc1cccc(C)c1. The van der Waals surface area contributed by atoms with Crippen molar-refractivity contribution < 1.29 is 0 Å². The maximum Gasteiger partial charge on any atom is 0.0398 e. The molecule has 0 fully saturated rings. The van der Waals surface area contributed by atoms with Gasteiger partial charge in [-0.15, -0.1) is 0 Å². The number of anilines is 1. The quantitative estimate of drug-likeness (QED) is 0.733. The van der Waals surface area contributed by atoms with Gasteiger partial charge in [-0.05, 0) is 43.0 Å². The predicted octanol–water partition coefficient (Wildman–Crippen LogP) is 2.95. The first-order valence-corrected chi connectivity index (χ1v) is 4.81. The molecule has 0 saturated carbocycles. The normalized spacial score (nSPS) is 11.7. The lowest BCUT2D eigenvalue weighted by atomic mass is 10.2. The predicted molar refractivity (Wildman–Crippen MR) is 66.4 cm³/mol. The largest absolute Gasteiger partial charge is 0.405 e. The van der Waals surface area contributed by atoms with E-state index in [9.17, 15) is 0 Å². The fraction of sp³-hybridized carbons (Fsp3) is 0.0769. The van der Waals surface area contributed by atoms with Gasteiger partial charge in [0.15, 0.2) is 0 Å². The molecule has 2 heteroatoms. The average molecular weight is 200 g/mol. The summed E-state index contributed by atoms with van der Waals surface area (Å²) in [6.07, 6.45) is 6.88. The number of nitrogens with one attached hydrogen (secondary N) is 1. The second-order valence-electron chi connectivity index (χ2n) is 3.21. The second kappa shape index (κ2) is 5.70. The topological polar surface area (TPSA) is 38.0 Å². The van der Waals surface area contributed by atoms with Crippen molar-refractivity contribution in [2.75, 3.05) is 5.32 Å². The van der Waals surface area contributed by atoms with Gasteiger partial charge in [0.2, 0.25) is 0 Å². The fourth-order valence-corrected chi connectivity index (χ4v) is 1.26. The van der Waals surface area contributed by atoms with E-state index in [2.05, 4.69) is 31.0 Å². The van der Waals surface area contributed by atoms with Gasteiger partial charge < -0.3 is 11.1 Å². The highest BCUT2D eigenvalue weighted by molar-refractivity contribution is 5.52. The van der Waals surface area contributed by atoms with Crippen LogP contribution in [0, 0.1) is 6.92 Å². The third-order valence-electron chi connectivity index (χ3n) is 1.88. The van der Waals surface area contributed by atoms with E-state index in [0.717, 1.165) is 11.4 Å². The lowest BCUT2D eigenvalue weighted by Gasteiger charge is -2.07. The van der Waals surface area contributed by atoms with Crippen LogP contribution in [-0.2, 0) is 0 Å². The molecule has 0 atom stereocenters. The summed E-state index contributed by atoms with van der Waals surface area (Å²) < 4.78 is 0. The molecule has 3 N–H and O–H groups in total. The van der Waals surface area contributed by atoms with E-state index in [4.69, 9.17) is 5.73 Å². The molecule has 0 heterocycles. The van der Waals surface area contributed by atoms with Gasteiger partial charge in [0, 0.05) is 11.4 Å². The number of allylic oxidation sites excluding steroid dienone is 3. The van der Waals surface area contributed by atoms with E-state index in [1.165, 1.54) is 11.8 Å². The number of rotatable bonds is 4. The van der Waals surface area contributed by atoms with Crippen molar-refractivity contribution in [2.45, 2.75) is 6.92 Å². The molecule has 78 valence electrons. The smallest absolute Gasteiger partial charge is 0.0398 e. The minimum Gasteiger partial charge on any atom is -0.405 e. The Morgan fingerprint density at radius 2 is 2.27 bits per heavy atom. The van der Waals surface area contributed by atoms with Crippen molar-refractivity contribution in [3.63, 3.8) is 0 Å². The molecule has 15 heavy (non-hydrogen) atoms. The molecule has 0 aliphatic heterocycles. The lowest BCUT2D eigenvalue weighted by molar-refractivity contribution is 1.41. The van der Waals surface area contributed by atoms with Gasteiger partial charge in [-0.2, -0.15) is 0 Å². The molecule has 0 aliphatic rings. The van der Waals surface area contributed by atoms with Crippen LogP contribution < -0.4 is 11.1 Å². The zero-order chi connectivity index (χ0) is 11.1. The van der Waals surface area contributed by atoms with Crippen molar-refractivity contribution in [1.82, 2.24) is 0 Å². The van der Waals surface area contributed by atoms with Crippen LogP contribution >= 0.6 is 0 Å². The van der Waals surface area contributed by atoms with Crippen LogP contribution in [0.5, 0.6) is 0 Å². The van der Waals surface area contributed by atoms with Gasteiger partial charge in [-0.3, -0.25) is 0 Å². The molecule has 1 aromatic carbocycles. The van der Waals surface area contributed by atoms with Gasteiger partial charge in [-0.1, -0.05) is 24.8 Å². The van der Waals surface area contributed by atoms with Gasteiger partial charge in [0.05, 0.1) is 0 Å². The molecule has 0 aromatic heterocycles. The number of hydrogen-bond acceptors (Lipinski definition) is 2. The average Bonchev–Trinajstić information content (AvgIpc) is 2.18. The number of aryl methyl sites for hydroxylation is 1. The summed E-state index contributed by atoms with van der Waals surface area (Å²) >= 11 is 0. The Balaban J connectivity index is 2.83. The number of benzene rings is 1. The van der Waals surface area contributed by atoms with Crippen molar-refractivity contribution >= 4 is 5.69 Å². The highest BCUT2D eigenvalue weighted by Gasteiger charge is 1.93. The zero-order valence-electron chi connectivity index (χ0n) is 8.90. The van der Waals surface area contributed by atoms with Crippen LogP contribution in [0.2, 0.25) is 0 Å². The zero-order valence-corrected chi connectivity index (χ0v) is 8.90. The Labute approximate surface area is 90.8 Å². The summed E-state index contributed by atoms with van der Waals surface area (Å²) in [5, 5.41) is 3.24. The third kappa shape index (κ3) is 3.73. The standard InChI is InChI=1S/C13H16N2/c1-3-5-12(8-9-14)15-13-7-4-6-11(2)10-13/h3-10,15H,1,14H2,2H3/b9-8-,12-5+. The fourth-order valence-electron chi connectivity index (χ4n) is 1.26. The molecule has 0 unspecified atom stereocenters. The van der Waals surface area contributed by atoms with Crippen LogP contribution in [-0.4, -0.2) is 0 Å². The maximum atomic E-state index is 5.35. The molecule has 0 spiro atoms. The van der Waals surface area contributed by atoms with Crippen LogP contribution in [0.3, 0.4) is 0 Å². The van der Waals surface area contributed by atoms with Crippen molar-refractivity contribution in [1.29, 1.82) is 0 Å². The monoisotopic (exact) mass is 200 g/mol. The number of nitrogens with two attached hydrogens (primary N) is 1. The Bertz CT molecular complexity index is 389. The van der Waals surface area contributed by atoms with Gasteiger partial charge in [-0.25, -0.2) is 0 Å². The van der Waals surface area contributed by atoms with Crippen molar-refractivity contribution in [3.05, 3.63) is 66.5 Å². The Kier molecular flexibility index (Phi) is 4.23. The molecule has 0 saturated heterocycles. The van der Waals surface area contributed by atoms with Crippen LogP contribution in [0.15, 0.2) is 61.0 Å². The summed E-state index contributed by atoms with van der Waals surface area (Å²) in [6, 6.07) is 8.14. The van der Waals surface area contributed by atoms with E-state index in [1.807, 2.05) is 18.2 Å². The van der Waals surface area contributed by atoms with Gasteiger partial charge in [0.25, 0.3) is 0 Å². The molecule has 2 nitrogen and oxygen atoms in total. The molecular weight excluding hydrogens is 184 g/mol. The highest BCUT2D eigenvalue weighted by atomic mass is 14.9. The van der Waals surface area contributed by atoms with E-state index in [0.29, 0.717) is 0 Å². The van der Waals surface area contributed by atoms with E-state index >= 15 is 0 Å². The molecule has 1 aromatic rings. The highest BCUT2D eigenvalue weighted by Crippen LogP contribution is 2.12. The second-order valence-corrected chi connectivity index (χ2v) is 3.21.